The van der Waals surface area contributed by atoms with E-state index in [2.05, 4.69) is 15.6 Å². The maximum absolute atomic E-state index is 13.5. The van der Waals surface area contributed by atoms with E-state index in [9.17, 15) is 18.0 Å². The van der Waals surface area contributed by atoms with Gasteiger partial charge in [0.2, 0.25) is 11.7 Å². The third-order valence-corrected chi connectivity index (χ3v) is 7.95. The number of hydrogen-bond donors (Lipinski definition) is 2. The second-order valence-electron chi connectivity index (χ2n) is 9.35. The zero-order valence-electron chi connectivity index (χ0n) is 20.9. The first kappa shape index (κ1) is 27.0. The standard InChI is InChI=1S/C27H33N3O6S/c1-2-8-22(25(31)27-30-21-11-6-7-12-24(21)36-27)29-26(32)23(28-20-13-15-35-16-14-20)18-37(33,34)17-19-9-4-3-5-10-19/h3-7,9-12,20,22-23,28H,2,8,13-18H2,1H3,(H,29,32)/t22?,23-/m0/s1. The largest absolute Gasteiger partial charge is 0.434 e. The summed E-state index contributed by atoms with van der Waals surface area (Å²) in [6.07, 6.45) is 2.33. The maximum atomic E-state index is 13.5. The van der Waals surface area contributed by atoms with Crippen LogP contribution >= 0.6 is 0 Å². The van der Waals surface area contributed by atoms with E-state index in [-0.39, 0.29) is 23.4 Å². The van der Waals surface area contributed by atoms with Gasteiger partial charge in [-0.3, -0.25) is 9.59 Å². The topological polar surface area (TPSA) is 128 Å². The predicted molar refractivity (Wildman–Crippen MR) is 140 cm³/mol. The first-order valence-corrected chi connectivity index (χ1v) is 14.4. The van der Waals surface area contributed by atoms with Crippen LogP contribution in [0.2, 0.25) is 0 Å². The van der Waals surface area contributed by atoms with Crippen LogP contribution in [-0.2, 0) is 25.1 Å². The zero-order valence-corrected chi connectivity index (χ0v) is 21.7. The number of para-hydroxylation sites is 2. The molecule has 0 radical (unpaired) electrons. The van der Waals surface area contributed by atoms with Gasteiger partial charge >= 0.3 is 0 Å². The third-order valence-electron chi connectivity index (χ3n) is 6.34. The summed E-state index contributed by atoms with van der Waals surface area (Å²) in [6.45, 7) is 2.98. The van der Waals surface area contributed by atoms with Crippen LogP contribution in [0.5, 0.6) is 0 Å². The summed E-state index contributed by atoms with van der Waals surface area (Å²) in [4.78, 5) is 31.0. The minimum atomic E-state index is -3.64. The van der Waals surface area contributed by atoms with Crippen molar-refractivity contribution >= 4 is 32.6 Å². The Bertz CT molecular complexity index is 1270. The number of carbonyl (C=O) groups excluding carboxylic acids is 2. The Balaban J connectivity index is 1.51. The molecule has 2 heterocycles. The average Bonchev–Trinajstić information content (AvgIpc) is 3.33. The summed E-state index contributed by atoms with van der Waals surface area (Å²) in [6, 6.07) is 14.0. The fourth-order valence-electron chi connectivity index (χ4n) is 4.45. The van der Waals surface area contributed by atoms with Crippen LogP contribution in [0, 0.1) is 0 Å². The number of nitrogens with zero attached hydrogens (tertiary/aromatic N) is 1. The fraction of sp³-hybridized carbons (Fsp3) is 0.444. The van der Waals surface area contributed by atoms with Crippen molar-refractivity contribution in [1.82, 2.24) is 15.6 Å². The quantitative estimate of drug-likeness (QED) is 0.344. The molecule has 1 aliphatic heterocycles. The number of aromatic nitrogens is 1. The molecule has 10 heteroatoms. The van der Waals surface area contributed by atoms with Crippen LogP contribution in [0.25, 0.3) is 11.1 Å². The van der Waals surface area contributed by atoms with Crippen LogP contribution in [0.15, 0.2) is 59.0 Å². The molecule has 0 saturated carbocycles. The lowest BCUT2D eigenvalue weighted by atomic mass is 10.1. The van der Waals surface area contributed by atoms with Crippen LogP contribution in [-0.4, -0.2) is 62.2 Å². The number of benzene rings is 2. The lowest BCUT2D eigenvalue weighted by Crippen LogP contribution is -2.55. The zero-order chi connectivity index (χ0) is 26.3. The van der Waals surface area contributed by atoms with Gasteiger partial charge in [-0.25, -0.2) is 13.4 Å². The summed E-state index contributed by atoms with van der Waals surface area (Å²) in [5.41, 5.74) is 1.69. The lowest BCUT2D eigenvalue weighted by molar-refractivity contribution is -0.123. The number of hydrogen-bond acceptors (Lipinski definition) is 8. The Morgan fingerprint density at radius 3 is 2.43 bits per heavy atom. The molecule has 2 aromatic carbocycles. The lowest BCUT2D eigenvalue weighted by Gasteiger charge is -2.29. The van der Waals surface area contributed by atoms with E-state index >= 15 is 0 Å². The van der Waals surface area contributed by atoms with Gasteiger partial charge in [-0.2, -0.15) is 0 Å². The van der Waals surface area contributed by atoms with Gasteiger partial charge in [0.15, 0.2) is 15.4 Å². The molecule has 1 unspecified atom stereocenters. The number of carbonyl (C=O) groups is 2. The van der Waals surface area contributed by atoms with Crippen LogP contribution < -0.4 is 10.6 Å². The van der Waals surface area contributed by atoms with E-state index in [4.69, 9.17) is 9.15 Å². The summed E-state index contributed by atoms with van der Waals surface area (Å²) >= 11 is 0. The maximum Gasteiger partial charge on any atom is 0.266 e. The van der Waals surface area contributed by atoms with E-state index in [1.165, 1.54) is 0 Å². The molecule has 1 amide bonds. The normalized spacial score (nSPS) is 16.4. The van der Waals surface area contributed by atoms with E-state index in [1.54, 1.807) is 48.5 Å². The number of ether oxygens (including phenoxy) is 1. The van der Waals surface area contributed by atoms with Crippen molar-refractivity contribution < 1.29 is 27.2 Å². The highest BCUT2D eigenvalue weighted by Crippen LogP contribution is 2.18. The summed E-state index contributed by atoms with van der Waals surface area (Å²) < 4.78 is 37.2. The van der Waals surface area contributed by atoms with Gasteiger partial charge in [0, 0.05) is 19.3 Å². The highest BCUT2D eigenvalue weighted by Gasteiger charge is 2.33. The van der Waals surface area contributed by atoms with Crippen molar-refractivity contribution in [3.05, 3.63) is 66.1 Å². The van der Waals surface area contributed by atoms with Gasteiger partial charge in [0.25, 0.3) is 5.89 Å². The third kappa shape index (κ3) is 7.47. The van der Waals surface area contributed by atoms with Crippen LogP contribution in [0.3, 0.4) is 0 Å². The molecule has 0 spiro atoms. The number of oxazole rings is 1. The van der Waals surface area contributed by atoms with Crippen LogP contribution in [0.1, 0.15) is 48.9 Å². The molecule has 4 rings (SSSR count). The monoisotopic (exact) mass is 527 g/mol. The second kappa shape index (κ2) is 12.4. The molecule has 1 saturated heterocycles. The van der Waals surface area contributed by atoms with Gasteiger partial charge in [-0.15, -0.1) is 0 Å². The molecule has 1 fully saturated rings. The number of rotatable bonds is 12. The van der Waals surface area contributed by atoms with Crippen molar-refractivity contribution in [1.29, 1.82) is 0 Å². The van der Waals surface area contributed by atoms with Crippen molar-refractivity contribution in [2.24, 2.45) is 0 Å². The highest BCUT2D eigenvalue weighted by molar-refractivity contribution is 7.90. The molecule has 0 aliphatic carbocycles. The van der Waals surface area contributed by atoms with Gasteiger partial charge in [-0.1, -0.05) is 55.8 Å². The Morgan fingerprint density at radius 1 is 1.03 bits per heavy atom. The van der Waals surface area contributed by atoms with Crippen molar-refractivity contribution in [3.8, 4) is 0 Å². The van der Waals surface area contributed by atoms with Crippen molar-refractivity contribution in [2.75, 3.05) is 19.0 Å². The SMILES string of the molecule is CCCC(NC(=O)[C@H](CS(=O)(=O)Cc1ccccc1)NC1CCOCC1)C(=O)c1nc2ccccc2o1. The van der Waals surface area contributed by atoms with Gasteiger partial charge in [0.05, 0.1) is 17.5 Å². The molecular formula is C27H33N3O6S. The van der Waals surface area contributed by atoms with E-state index in [0.29, 0.717) is 55.6 Å². The second-order valence-corrected chi connectivity index (χ2v) is 11.5. The fourth-order valence-corrected chi connectivity index (χ4v) is 6.02. The number of sulfone groups is 1. The molecule has 2 N–H and O–H groups in total. The molecule has 37 heavy (non-hydrogen) atoms. The molecular weight excluding hydrogens is 494 g/mol. The summed E-state index contributed by atoms with van der Waals surface area (Å²) in [5.74, 6) is -1.62. The average molecular weight is 528 g/mol. The molecule has 9 nitrogen and oxygen atoms in total. The first-order valence-electron chi connectivity index (χ1n) is 12.6. The van der Waals surface area contributed by atoms with E-state index < -0.39 is 33.6 Å². The van der Waals surface area contributed by atoms with Gasteiger partial charge in [0.1, 0.15) is 11.6 Å². The molecule has 3 aromatic rings. The highest BCUT2D eigenvalue weighted by atomic mass is 32.2. The van der Waals surface area contributed by atoms with Crippen molar-refractivity contribution in [2.45, 2.75) is 56.5 Å². The Labute approximate surface area is 216 Å². The number of ketones is 1. The molecule has 1 aromatic heterocycles. The molecule has 1 aliphatic rings. The Morgan fingerprint density at radius 2 is 1.73 bits per heavy atom. The molecule has 2 atom stereocenters. The summed E-state index contributed by atoms with van der Waals surface area (Å²) in [5, 5.41) is 6.01. The number of amides is 1. The molecule has 198 valence electrons. The Hall–Kier alpha value is -3.08. The minimum absolute atomic E-state index is 0.0613. The summed E-state index contributed by atoms with van der Waals surface area (Å²) in [7, 11) is -3.64. The smallest absolute Gasteiger partial charge is 0.266 e. The van der Waals surface area contributed by atoms with E-state index in [0.717, 1.165) is 0 Å². The van der Waals surface area contributed by atoms with Gasteiger partial charge in [-0.05, 0) is 37.0 Å². The molecule has 0 bridgehead atoms. The number of fused-ring (bicyclic) bond motifs is 1. The van der Waals surface area contributed by atoms with Crippen molar-refractivity contribution in [3.63, 3.8) is 0 Å². The number of nitrogens with one attached hydrogen (secondary N) is 2. The number of Topliss-reactive ketones (excluding diaryl/α,β-unsaturated/α-hetero) is 1. The van der Waals surface area contributed by atoms with E-state index in [1.807, 2.05) is 13.0 Å². The van der Waals surface area contributed by atoms with Gasteiger partial charge < -0.3 is 19.8 Å². The van der Waals surface area contributed by atoms with Crippen LogP contribution in [0.4, 0.5) is 0 Å². The predicted octanol–water partition coefficient (Wildman–Crippen LogP) is 3.05. The first-order chi connectivity index (χ1) is 17.8. The Kier molecular flexibility index (Phi) is 9.07. The minimum Gasteiger partial charge on any atom is -0.434 e.